The minimum absolute atomic E-state index is 0.194. The van der Waals surface area contributed by atoms with Crippen LogP contribution < -0.4 is 5.32 Å². The van der Waals surface area contributed by atoms with Gasteiger partial charge in [0.05, 0.1) is 6.61 Å². The lowest BCUT2D eigenvalue weighted by Gasteiger charge is -2.22. The van der Waals surface area contributed by atoms with Crippen LogP contribution in [-0.4, -0.2) is 17.8 Å². The third kappa shape index (κ3) is 3.33. The van der Waals surface area contributed by atoms with E-state index >= 15 is 0 Å². The number of nitrogens with one attached hydrogen (secondary N) is 1. The van der Waals surface area contributed by atoms with Crippen LogP contribution in [0.1, 0.15) is 37.4 Å². The molecule has 0 saturated carbocycles. The van der Waals surface area contributed by atoms with E-state index in [4.69, 9.17) is 5.11 Å². The van der Waals surface area contributed by atoms with Gasteiger partial charge in [-0.05, 0) is 31.4 Å². The maximum Gasteiger partial charge on any atom is 0.0584 e. The van der Waals surface area contributed by atoms with E-state index in [1.807, 2.05) is 0 Å². The largest absolute Gasteiger partial charge is 0.395 e. The molecule has 0 aliphatic carbocycles. The summed E-state index contributed by atoms with van der Waals surface area (Å²) in [5.41, 5.74) is 2.61. The Kier molecular flexibility index (Phi) is 4.79. The van der Waals surface area contributed by atoms with Crippen LogP contribution in [0.25, 0.3) is 0 Å². The maximum atomic E-state index is 9.13. The zero-order valence-corrected chi connectivity index (χ0v) is 9.83. The Balaban J connectivity index is 2.68. The molecule has 0 heterocycles. The summed E-state index contributed by atoms with van der Waals surface area (Å²) in [4.78, 5) is 0. The van der Waals surface area contributed by atoms with Crippen LogP contribution in [0.3, 0.4) is 0 Å². The molecular weight excluding hydrogens is 186 g/mol. The first-order valence-electron chi connectivity index (χ1n) is 5.61. The average Bonchev–Trinajstić information content (AvgIpc) is 2.26. The van der Waals surface area contributed by atoms with Crippen molar-refractivity contribution < 1.29 is 5.11 Å². The van der Waals surface area contributed by atoms with Crippen LogP contribution in [0, 0.1) is 6.92 Å². The van der Waals surface area contributed by atoms with Gasteiger partial charge >= 0.3 is 0 Å². The lowest BCUT2D eigenvalue weighted by Crippen LogP contribution is -2.34. The number of benzene rings is 1. The fourth-order valence-electron chi connectivity index (χ4n) is 1.82. The second kappa shape index (κ2) is 5.89. The Labute approximate surface area is 92.3 Å². The molecule has 84 valence electrons. The first-order chi connectivity index (χ1) is 7.19. The predicted octanol–water partition coefficient (Wildman–Crippen LogP) is 2.42. The molecule has 0 bridgehead atoms. The van der Waals surface area contributed by atoms with E-state index in [9.17, 15) is 0 Å². The smallest absolute Gasteiger partial charge is 0.0584 e. The normalized spacial score (nSPS) is 14.9. The van der Waals surface area contributed by atoms with E-state index in [1.165, 1.54) is 11.1 Å². The van der Waals surface area contributed by atoms with Crippen molar-refractivity contribution >= 4 is 0 Å². The standard InChI is InChI=1S/C13H21NO/c1-4-12(9-15)14-11(3)13-8-6-5-7-10(13)2/h5-8,11-12,14-15H,4,9H2,1-3H3/t11-,12+/m0/s1. The highest BCUT2D eigenvalue weighted by atomic mass is 16.3. The number of hydrogen-bond donors (Lipinski definition) is 2. The topological polar surface area (TPSA) is 32.3 Å². The molecule has 1 rings (SSSR count). The second-order valence-electron chi connectivity index (χ2n) is 4.03. The fourth-order valence-corrected chi connectivity index (χ4v) is 1.82. The molecule has 1 aromatic carbocycles. The van der Waals surface area contributed by atoms with Crippen LogP contribution in [0.4, 0.5) is 0 Å². The van der Waals surface area contributed by atoms with E-state index in [0.717, 1.165) is 6.42 Å². The van der Waals surface area contributed by atoms with Crippen molar-refractivity contribution in [3.8, 4) is 0 Å². The Morgan fingerprint density at radius 3 is 2.53 bits per heavy atom. The number of aryl methyl sites for hydroxylation is 1. The minimum atomic E-state index is 0.194. The second-order valence-corrected chi connectivity index (χ2v) is 4.03. The summed E-state index contributed by atoms with van der Waals surface area (Å²) in [6.07, 6.45) is 0.951. The van der Waals surface area contributed by atoms with Crippen LogP contribution >= 0.6 is 0 Å². The Hall–Kier alpha value is -0.860. The third-order valence-corrected chi connectivity index (χ3v) is 2.85. The van der Waals surface area contributed by atoms with Crippen LogP contribution in [0.5, 0.6) is 0 Å². The molecule has 1 aromatic rings. The molecule has 2 nitrogen and oxygen atoms in total. The summed E-state index contributed by atoms with van der Waals surface area (Å²) in [6, 6.07) is 8.85. The SMILES string of the molecule is CC[C@H](CO)N[C@@H](C)c1ccccc1C. The minimum Gasteiger partial charge on any atom is -0.395 e. The molecule has 2 heteroatoms. The molecule has 2 N–H and O–H groups in total. The van der Waals surface area contributed by atoms with Crippen LogP contribution in [0.15, 0.2) is 24.3 Å². The quantitative estimate of drug-likeness (QED) is 0.777. The van der Waals surface area contributed by atoms with Gasteiger partial charge in [-0.25, -0.2) is 0 Å². The summed E-state index contributed by atoms with van der Waals surface area (Å²) < 4.78 is 0. The van der Waals surface area contributed by atoms with Gasteiger partial charge in [0.15, 0.2) is 0 Å². The molecule has 0 aliphatic heterocycles. The Morgan fingerprint density at radius 1 is 1.33 bits per heavy atom. The number of rotatable bonds is 5. The first kappa shape index (κ1) is 12.2. The van der Waals surface area contributed by atoms with Crippen molar-refractivity contribution in [2.45, 2.75) is 39.3 Å². The molecule has 0 fully saturated rings. The van der Waals surface area contributed by atoms with Gasteiger partial charge in [0.2, 0.25) is 0 Å². The van der Waals surface area contributed by atoms with Crippen LogP contribution in [0.2, 0.25) is 0 Å². The van der Waals surface area contributed by atoms with Gasteiger partial charge in [0.1, 0.15) is 0 Å². The van der Waals surface area contributed by atoms with Crippen molar-refractivity contribution in [2.75, 3.05) is 6.61 Å². The third-order valence-electron chi connectivity index (χ3n) is 2.85. The average molecular weight is 207 g/mol. The molecule has 0 aliphatic rings. The Bertz CT molecular complexity index is 294. The number of aliphatic hydroxyl groups is 1. The van der Waals surface area contributed by atoms with E-state index in [0.29, 0.717) is 6.04 Å². The lowest BCUT2D eigenvalue weighted by molar-refractivity contribution is 0.230. The first-order valence-corrected chi connectivity index (χ1v) is 5.61. The summed E-state index contributed by atoms with van der Waals surface area (Å²) >= 11 is 0. The predicted molar refractivity (Wildman–Crippen MR) is 63.9 cm³/mol. The zero-order chi connectivity index (χ0) is 11.3. The zero-order valence-electron chi connectivity index (χ0n) is 9.83. The van der Waals surface area contributed by atoms with E-state index in [-0.39, 0.29) is 12.6 Å². The highest BCUT2D eigenvalue weighted by Gasteiger charge is 2.11. The Morgan fingerprint density at radius 2 is 2.00 bits per heavy atom. The van der Waals surface area contributed by atoms with Crippen molar-refractivity contribution in [3.05, 3.63) is 35.4 Å². The summed E-state index contributed by atoms with van der Waals surface area (Å²) in [7, 11) is 0. The molecule has 0 aromatic heterocycles. The van der Waals surface area contributed by atoms with Crippen molar-refractivity contribution in [1.29, 1.82) is 0 Å². The van der Waals surface area contributed by atoms with Gasteiger partial charge in [-0.2, -0.15) is 0 Å². The van der Waals surface area contributed by atoms with E-state index < -0.39 is 0 Å². The van der Waals surface area contributed by atoms with Crippen molar-refractivity contribution in [2.24, 2.45) is 0 Å². The summed E-state index contributed by atoms with van der Waals surface area (Å²) in [5, 5.41) is 12.6. The van der Waals surface area contributed by atoms with Gasteiger partial charge in [0, 0.05) is 12.1 Å². The molecular formula is C13H21NO. The highest BCUT2D eigenvalue weighted by molar-refractivity contribution is 5.28. The summed E-state index contributed by atoms with van der Waals surface area (Å²) in [5.74, 6) is 0. The molecule has 0 unspecified atom stereocenters. The van der Waals surface area contributed by atoms with Crippen molar-refractivity contribution in [3.63, 3.8) is 0 Å². The molecule has 0 saturated heterocycles. The molecule has 0 spiro atoms. The highest BCUT2D eigenvalue weighted by Crippen LogP contribution is 2.17. The molecule has 15 heavy (non-hydrogen) atoms. The van der Waals surface area contributed by atoms with Crippen molar-refractivity contribution in [1.82, 2.24) is 5.32 Å². The van der Waals surface area contributed by atoms with Gasteiger partial charge in [-0.3, -0.25) is 0 Å². The number of aliphatic hydroxyl groups excluding tert-OH is 1. The molecule has 2 atom stereocenters. The van der Waals surface area contributed by atoms with Gasteiger partial charge in [-0.15, -0.1) is 0 Å². The van der Waals surface area contributed by atoms with E-state index in [2.05, 4.69) is 50.4 Å². The van der Waals surface area contributed by atoms with E-state index in [1.54, 1.807) is 0 Å². The van der Waals surface area contributed by atoms with Gasteiger partial charge < -0.3 is 10.4 Å². The lowest BCUT2D eigenvalue weighted by atomic mass is 10.0. The molecule has 0 amide bonds. The van der Waals surface area contributed by atoms with Crippen LogP contribution in [-0.2, 0) is 0 Å². The maximum absolute atomic E-state index is 9.13. The number of hydrogen-bond acceptors (Lipinski definition) is 2. The monoisotopic (exact) mass is 207 g/mol. The van der Waals surface area contributed by atoms with Gasteiger partial charge in [-0.1, -0.05) is 31.2 Å². The summed E-state index contributed by atoms with van der Waals surface area (Å²) in [6.45, 7) is 6.54. The van der Waals surface area contributed by atoms with Gasteiger partial charge in [0.25, 0.3) is 0 Å². The molecule has 0 radical (unpaired) electrons. The fraction of sp³-hybridized carbons (Fsp3) is 0.538.